The van der Waals surface area contributed by atoms with Crippen LogP contribution in [0.3, 0.4) is 0 Å². The van der Waals surface area contributed by atoms with Crippen LogP contribution in [0.5, 0.6) is 0 Å². The molecule has 1 aromatic rings. The molecule has 0 aliphatic heterocycles. The molecule has 0 spiro atoms. The van der Waals surface area contributed by atoms with E-state index < -0.39 is 0 Å². The highest BCUT2D eigenvalue weighted by molar-refractivity contribution is 7.99. The summed E-state index contributed by atoms with van der Waals surface area (Å²) in [6, 6.07) is 0. The number of aryl methyl sites for hydroxylation is 1. The van der Waals surface area contributed by atoms with Crippen LogP contribution >= 0.6 is 11.8 Å². The van der Waals surface area contributed by atoms with E-state index in [1.54, 1.807) is 16.4 Å². The molecule has 0 saturated carbocycles. The normalized spacial score (nSPS) is 10.3. The Labute approximate surface area is 92.6 Å². The van der Waals surface area contributed by atoms with Gasteiger partial charge >= 0.3 is 0 Å². The van der Waals surface area contributed by atoms with Crippen LogP contribution in [0.25, 0.3) is 0 Å². The topological polar surface area (TPSA) is 85.8 Å². The second kappa shape index (κ2) is 6.41. The molecule has 7 heteroatoms. The average molecular weight is 229 g/mol. The van der Waals surface area contributed by atoms with Crippen molar-refractivity contribution < 1.29 is 4.79 Å². The Morgan fingerprint density at radius 2 is 2.47 bits per heavy atom. The first kappa shape index (κ1) is 12.0. The van der Waals surface area contributed by atoms with Crippen molar-refractivity contribution in [3.63, 3.8) is 0 Å². The molecule has 0 radical (unpaired) electrons. The first-order chi connectivity index (χ1) is 7.24. The summed E-state index contributed by atoms with van der Waals surface area (Å²) in [5, 5.41) is 4.86. The minimum atomic E-state index is -0.112. The predicted octanol–water partition coefficient (Wildman–Crippen LogP) is 0.0674. The fourth-order valence-corrected chi connectivity index (χ4v) is 1.93. The summed E-state index contributed by atoms with van der Waals surface area (Å²) >= 11 is 1.64. The van der Waals surface area contributed by atoms with Gasteiger partial charge in [-0.2, -0.15) is 5.10 Å². The summed E-state index contributed by atoms with van der Waals surface area (Å²) in [6.07, 6.45) is 3.82. The van der Waals surface area contributed by atoms with E-state index in [1.807, 2.05) is 7.05 Å². The highest BCUT2D eigenvalue weighted by atomic mass is 32.2. The van der Waals surface area contributed by atoms with E-state index in [-0.39, 0.29) is 5.91 Å². The molecule has 0 bridgehead atoms. The SMILES string of the molecule is Cn1ncnc1SCCCCC(=O)NN. The minimum Gasteiger partial charge on any atom is -0.294 e. The third-order valence-electron chi connectivity index (χ3n) is 1.86. The zero-order valence-corrected chi connectivity index (χ0v) is 9.46. The molecule has 15 heavy (non-hydrogen) atoms. The number of aromatic nitrogens is 3. The number of carbonyl (C=O) groups excluding carboxylic acids is 1. The van der Waals surface area contributed by atoms with Gasteiger partial charge in [0.05, 0.1) is 0 Å². The fraction of sp³-hybridized carbons (Fsp3) is 0.625. The maximum absolute atomic E-state index is 10.8. The number of hydrogen-bond donors (Lipinski definition) is 2. The number of nitrogens with one attached hydrogen (secondary N) is 1. The van der Waals surface area contributed by atoms with Crippen molar-refractivity contribution in [1.82, 2.24) is 20.2 Å². The molecule has 0 saturated heterocycles. The van der Waals surface area contributed by atoms with Crippen molar-refractivity contribution in [2.75, 3.05) is 5.75 Å². The Kier molecular flexibility index (Phi) is 5.13. The average Bonchev–Trinajstić information content (AvgIpc) is 2.63. The number of unbranched alkanes of at least 4 members (excludes halogenated alkanes) is 1. The Hall–Kier alpha value is -1.08. The molecule has 1 aromatic heterocycles. The molecule has 0 atom stereocenters. The molecular formula is C8H15N5OS. The zero-order chi connectivity index (χ0) is 11.1. The summed E-state index contributed by atoms with van der Waals surface area (Å²) in [5.41, 5.74) is 2.11. The van der Waals surface area contributed by atoms with Crippen LogP contribution < -0.4 is 11.3 Å². The van der Waals surface area contributed by atoms with Gasteiger partial charge in [0.1, 0.15) is 6.33 Å². The number of nitrogens with zero attached hydrogens (tertiary/aromatic N) is 3. The summed E-state index contributed by atoms with van der Waals surface area (Å²) in [7, 11) is 1.86. The molecule has 0 aliphatic rings. The number of thioether (sulfide) groups is 1. The summed E-state index contributed by atoms with van der Waals surface area (Å²) in [5.74, 6) is 5.78. The molecule has 1 amide bonds. The lowest BCUT2D eigenvalue weighted by Gasteiger charge is -2.00. The number of carbonyl (C=O) groups is 1. The molecule has 1 heterocycles. The molecular weight excluding hydrogens is 214 g/mol. The van der Waals surface area contributed by atoms with Gasteiger partial charge in [-0.1, -0.05) is 11.8 Å². The quantitative estimate of drug-likeness (QED) is 0.237. The van der Waals surface area contributed by atoms with Crippen LogP contribution in [0.4, 0.5) is 0 Å². The van der Waals surface area contributed by atoms with E-state index in [0.717, 1.165) is 23.8 Å². The first-order valence-electron chi connectivity index (χ1n) is 4.70. The Morgan fingerprint density at radius 1 is 1.67 bits per heavy atom. The van der Waals surface area contributed by atoms with Crippen LogP contribution in [0.15, 0.2) is 11.5 Å². The fourth-order valence-electron chi connectivity index (χ4n) is 1.04. The highest BCUT2D eigenvalue weighted by Gasteiger charge is 2.01. The molecule has 0 aromatic carbocycles. The Balaban J connectivity index is 2.07. The molecule has 0 unspecified atom stereocenters. The van der Waals surface area contributed by atoms with Crippen LogP contribution in [-0.4, -0.2) is 26.4 Å². The summed E-state index contributed by atoms with van der Waals surface area (Å²) in [4.78, 5) is 14.9. The largest absolute Gasteiger partial charge is 0.294 e. The van der Waals surface area contributed by atoms with E-state index in [1.165, 1.54) is 6.33 Å². The lowest BCUT2D eigenvalue weighted by molar-refractivity contribution is -0.121. The van der Waals surface area contributed by atoms with Crippen molar-refractivity contribution in [2.45, 2.75) is 24.4 Å². The third kappa shape index (κ3) is 4.30. The number of amides is 1. The highest BCUT2D eigenvalue weighted by Crippen LogP contribution is 2.15. The van der Waals surface area contributed by atoms with Crippen LogP contribution in [0.1, 0.15) is 19.3 Å². The van der Waals surface area contributed by atoms with Crippen molar-refractivity contribution in [1.29, 1.82) is 0 Å². The number of hydrazine groups is 1. The summed E-state index contributed by atoms with van der Waals surface area (Å²) in [6.45, 7) is 0. The Bertz CT molecular complexity index is 314. The van der Waals surface area contributed by atoms with Gasteiger partial charge in [-0.25, -0.2) is 15.5 Å². The number of rotatable bonds is 6. The monoisotopic (exact) mass is 229 g/mol. The molecule has 1 rings (SSSR count). The van der Waals surface area contributed by atoms with Gasteiger partial charge in [-0.05, 0) is 12.8 Å². The van der Waals surface area contributed by atoms with Gasteiger partial charge in [-0.15, -0.1) is 0 Å². The number of hydrogen-bond acceptors (Lipinski definition) is 5. The Morgan fingerprint density at radius 3 is 3.07 bits per heavy atom. The molecule has 84 valence electrons. The molecule has 0 aliphatic carbocycles. The van der Waals surface area contributed by atoms with Crippen LogP contribution in [0.2, 0.25) is 0 Å². The summed E-state index contributed by atoms with van der Waals surface area (Å²) < 4.78 is 1.73. The standard InChI is InChI=1S/C8H15N5OS/c1-13-8(10-6-11-13)15-5-3-2-4-7(14)12-9/h6H,2-5,9H2,1H3,(H,12,14). The van der Waals surface area contributed by atoms with Gasteiger partial charge in [-0.3, -0.25) is 10.2 Å². The van der Waals surface area contributed by atoms with Crippen molar-refractivity contribution in [3.8, 4) is 0 Å². The first-order valence-corrected chi connectivity index (χ1v) is 5.69. The molecule has 3 N–H and O–H groups in total. The zero-order valence-electron chi connectivity index (χ0n) is 8.64. The minimum absolute atomic E-state index is 0.112. The van der Waals surface area contributed by atoms with Gasteiger partial charge < -0.3 is 0 Å². The second-order valence-corrected chi connectivity index (χ2v) is 4.10. The van der Waals surface area contributed by atoms with E-state index in [9.17, 15) is 4.79 Å². The predicted molar refractivity (Wildman–Crippen MR) is 57.9 cm³/mol. The van der Waals surface area contributed by atoms with Gasteiger partial charge in [0.2, 0.25) is 5.91 Å². The van der Waals surface area contributed by atoms with E-state index in [2.05, 4.69) is 15.5 Å². The van der Waals surface area contributed by atoms with Gasteiger partial charge in [0, 0.05) is 19.2 Å². The van der Waals surface area contributed by atoms with Crippen LogP contribution in [-0.2, 0) is 11.8 Å². The van der Waals surface area contributed by atoms with Crippen LogP contribution in [0, 0.1) is 0 Å². The number of nitrogens with two attached hydrogens (primary N) is 1. The smallest absolute Gasteiger partial charge is 0.233 e. The maximum Gasteiger partial charge on any atom is 0.233 e. The lowest BCUT2D eigenvalue weighted by Crippen LogP contribution is -2.29. The third-order valence-corrected chi connectivity index (χ3v) is 2.98. The van der Waals surface area contributed by atoms with Gasteiger partial charge in [0.25, 0.3) is 0 Å². The van der Waals surface area contributed by atoms with Crippen molar-refractivity contribution in [2.24, 2.45) is 12.9 Å². The van der Waals surface area contributed by atoms with E-state index >= 15 is 0 Å². The van der Waals surface area contributed by atoms with E-state index in [0.29, 0.717) is 6.42 Å². The van der Waals surface area contributed by atoms with Gasteiger partial charge in [0.15, 0.2) is 5.16 Å². The second-order valence-electron chi connectivity index (χ2n) is 3.04. The lowest BCUT2D eigenvalue weighted by atomic mass is 10.2. The van der Waals surface area contributed by atoms with E-state index in [4.69, 9.17) is 5.84 Å². The molecule has 0 fully saturated rings. The molecule has 6 nitrogen and oxygen atoms in total. The maximum atomic E-state index is 10.8. The van der Waals surface area contributed by atoms with Crippen molar-refractivity contribution >= 4 is 17.7 Å². The van der Waals surface area contributed by atoms with Crippen molar-refractivity contribution in [3.05, 3.63) is 6.33 Å².